The Balaban J connectivity index is 2.07. The van der Waals surface area contributed by atoms with Crippen LogP contribution >= 0.6 is 11.3 Å². The molecule has 3 rings (SSSR count). The van der Waals surface area contributed by atoms with Gasteiger partial charge in [0, 0.05) is 18.5 Å². The molecule has 1 aromatic carbocycles. The van der Waals surface area contributed by atoms with E-state index in [0.717, 1.165) is 23.4 Å². The lowest BCUT2D eigenvalue weighted by Crippen LogP contribution is -2.48. The third-order valence-corrected chi connectivity index (χ3v) is 5.44. The minimum atomic E-state index is -0.339. The summed E-state index contributed by atoms with van der Waals surface area (Å²) >= 11 is 1.61. The molecule has 28 heavy (non-hydrogen) atoms. The highest BCUT2D eigenvalue weighted by Gasteiger charge is 2.09. The number of nitrogens with one attached hydrogen (secondary N) is 3. The molecule has 0 aliphatic rings. The fourth-order valence-corrected chi connectivity index (χ4v) is 3.88. The van der Waals surface area contributed by atoms with Gasteiger partial charge in [0.1, 0.15) is 10.7 Å². The molecule has 0 atom stereocenters. The standard InChI is InChI=1S/C21H24N4O2S/c1-22-18(17-10-9-15(28-17)11-12-25(2)3)19-21(27)23-16(20(26)24-19)13-14-7-5-4-6-8-14/h4-10,13,22H,11-12H2,1-3H3,(H,23,27)(H,24,26)/b16-13-,19-18-. The highest BCUT2D eigenvalue weighted by molar-refractivity contribution is 7.13. The van der Waals surface area contributed by atoms with Gasteiger partial charge in [0.25, 0.3) is 11.1 Å². The van der Waals surface area contributed by atoms with Gasteiger partial charge in [-0.3, -0.25) is 9.59 Å². The van der Waals surface area contributed by atoms with Crippen LogP contribution < -0.4 is 27.1 Å². The molecule has 0 fully saturated rings. The van der Waals surface area contributed by atoms with E-state index in [-0.39, 0.29) is 21.8 Å². The van der Waals surface area contributed by atoms with Crippen molar-refractivity contribution in [2.45, 2.75) is 6.42 Å². The third-order valence-electron chi connectivity index (χ3n) is 4.28. The van der Waals surface area contributed by atoms with E-state index in [2.05, 4.69) is 26.3 Å². The van der Waals surface area contributed by atoms with Crippen LogP contribution in [0.3, 0.4) is 0 Å². The average molecular weight is 397 g/mol. The zero-order chi connectivity index (χ0) is 20.1. The molecule has 6 nitrogen and oxygen atoms in total. The molecule has 0 bridgehead atoms. The predicted octanol–water partition coefficient (Wildman–Crippen LogP) is 0.434. The van der Waals surface area contributed by atoms with Crippen LogP contribution in [0.1, 0.15) is 15.3 Å². The number of likely N-dealkylation sites (N-methyl/N-ethyl adjacent to an activating group) is 1. The number of nitrogens with zero attached hydrogens (tertiary/aromatic N) is 1. The van der Waals surface area contributed by atoms with E-state index >= 15 is 0 Å². The molecule has 0 radical (unpaired) electrons. The van der Waals surface area contributed by atoms with Gasteiger partial charge in [-0.2, -0.15) is 0 Å². The van der Waals surface area contributed by atoms with Crippen LogP contribution in [0, 0.1) is 0 Å². The maximum atomic E-state index is 12.7. The summed E-state index contributed by atoms with van der Waals surface area (Å²) in [5.74, 6) is 0. The van der Waals surface area contributed by atoms with Gasteiger partial charge in [-0.1, -0.05) is 30.3 Å². The molecule has 3 aromatic rings. The van der Waals surface area contributed by atoms with Crippen LogP contribution in [-0.4, -0.2) is 42.6 Å². The average Bonchev–Trinajstić information content (AvgIpc) is 3.14. The Morgan fingerprint density at radius 2 is 1.82 bits per heavy atom. The van der Waals surface area contributed by atoms with Crippen LogP contribution in [0.25, 0.3) is 11.8 Å². The van der Waals surface area contributed by atoms with Crippen molar-refractivity contribution in [3.05, 3.63) is 89.2 Å². The lowest BCUT2D eigenvalue weighted by atomic mass is 10.2. The molecule has 146 valence electrons. The lowest BCUT2D eigenvalue weighted by molar-refractivity contribution is 0.415. The fourth-order valence-electron chi connectivity index (χ4n) is 2.82. The topological polar surface area (TPSA) is 81.0 Å². The van der Waals surface area contributed by atoms with Crippen molar-refractivity contribution < 1.29 is 0 Å². The van der Waals surface area contributed by atoms with E-state index in [1.807, 2.05) is 50.5 Å². The number of H-pyrrole nitrogens is 2. The van der Waals surface area contributed by atoms with E-state index in [9.17, 15) is 9.59 Å². The molecule has 0 saturated heterocycles. The third kappa shape index (κ3) is 4.68. The van der Waals surface area contributed by atoms with Crippen LogP contribution in [0.2, 0.25) is 0 Å². The van der Waals surface area contributed by atoms with Gasteiger partial charge in [-0.25, -0.2) is 0 Å². The van der Waals surface area contributed by atoms with Crippen molar-refractivity contribution >= 4 is 23.1 Å². The van der Waals surface area contributed by atoms with Crippen LogP contribution in [0.15, 0.2) is 52.1 Å². The lowest BCUT2D eigenvalue weighted by Gasteiger charge is -2.07. The summed E-state index contributed by atoms with van der Waals surface area (Å²) in [5, 5.41) is 3.53. The van der Waals surface area contributed by atoms with Crippen molar-refractivity contribution in [3.8, 4) is 0 Å². The SMILES string of the molecule is CN/C(c1ccc(CCN(C)C)s1)=c1\[nH]c(=O)/c(=C/c2ccccc2)[nH]c1=O. The smallest absolute Gasteiger partial charge is 0.274 e. The fraction of sp³-hybridized carbons (Fsp3) is 0.238. The number of thiophene rings is 1. The number of aromatic amines is 2. The molecular formula is C21H24N4O2S. The molecule has 0 spiro atoms. The van der Waals surface area contributed by atoms with Crippen molar-refractivity contribution in [1.29, 1.82) is 0 Å². The molecule has 0 unspecified atom stereocenters. The van der Waals surface area contributed by atoms with Gasteiger partial charge in [-0.15, -0.1) is 11.3 Å². The minimum absolute atomic E-state index is 0.230. The summed E-state index contributed by atoms with van der Waals surface area (Å²) in [5.41, 5.74) is 0.786. The van der Waals surface area contributed by atoms with E-state index in [4.69, 9.17) is 0 Å². The van der Waals surface area contributed by atoms with Crippen LogP contribution in [-0.2, 0) is 6.42 Å². The van der Waals surface area contributed by atoms with Gasteiger partial charge in [-0.05, 0) is 44.3 Å². The number of hydrogen-bond acceptors (Lipinski definition) is 5. The molecule has 7 heteroatoms. The van der Waals surface area contributed by atoms with Gasteiger partial charge < -0.3 is 20.2 Å². The second kappa shape index (κ2) is 8.86. The molecule has 0 saturated carbocycles. The van der Waals surface area contributed by atoms with Gasteiger partial charge in [0.05, 0.1) is 10.6 Å². The molecule has 2 aromatic heterocycles. The van der Waals surface area contributed by atoms with Crippen LogP contribution in [0.5, 0.6) is 0 Å². The summed E-state index contributed by atoms with van der Waals surface area (Å²) in [6.45, 7) is 0.955. The predicted molar refractivity (Wildman–Crippen MR) is 115 cm³/mol. The monoisotopic (exact) mass is 396 g/mol. The zero-order valence-corrected chi connectivity index (χ0v) is 17.0. The molecular weight excluding hydrogens is 372 g/mol. The summed E-state index contributed by atoms with van der Waals surface area (Å²) < 4.78 is 0. The maximum Gasteiger partial charge on any atom is 0.274 e. The normalized spacial score (nSPS) is 13.1. The molecule has 0 amide bonds. The highest BCUT2D eigenvalue weighted by atomic mass is 32.1. The number of rotatable bonds is 6. The Labute approximate surface area is 166 Å². The molecule has 0 aliphatic heterocycles. The summed E-state index contributed by atoms with van der Waals surface area (Å²) in [6, 6.07) is 13.4. The Bertz CT molecular complexity index is 1170. The van der Waals surface area contributed by atoms with Crippen molar-refractivity contribution in [3.63, 3.8) is 0 Å². The van der Waals surface area contributed by atoms with E-state index < -0.39 is 0 Å². The molecule has 3 N–H and O–H groups in total. The summed E-state index contributed by atoms with van der Waals surface area (Å²) in [7, 11) is 5.83. The van der Waals surface area contributed by atoms with Crippen molar-refractivity contribution in [1.82, 2.24) is 20.2 Å². The van der Waals surface area contributed by atoms with E-state index in [1.165, 1.54) is 4.88 Å². The Hall–Kier alpha value is -2.90. The van der Waals surface area contributed by atoms with Gasteiger partial charge in [0.15, 0.2) is 0 Å². The molecule has 0 aliphatic carbocycles. The first kappa shape index (κ1) is 19.9. The molecule has 2 heterocycles. The second-order valence-electron chi connectivity index (χ2n) is 6.70. The van der Waals surface area contributed by atoms with Crippen LogP contribution in [0.4, 0.5) is 0 Å². The number of aromatic nitrogens is 2. The summed E-state index contributed by atoms with van der Waals surface area (Å²) in [6.07, 6.45) is 2.60. The highest BCUT2D eigenvalue weighted by Crippen LogP contribution is 2.21. The van der Waals surface area contributed by atoms with Crippen molar-refractivity contribution in [2.75, 3.05) is 27.7 Å². The minimum Gasteiger partial charge on any atom is -0.385 e. The number of benzene rings is 1. The van der Waals surface area contributed by atoms with Crippen molar-refractivity contribution in [2.24, 2.45) is 0 Å². The van der Waals surface area contributed by atoms with Gasteiger partial charge >= 0.3 is 0 Å². The quantitative estimate of drug-likeness (QED) is 0.565. The summed E-state index contributed by atoms with van der Waals surface area (Å²) in [4.78, 5) is 34.9. The number of hydrogen-bond donors (Lipinski definition) is 3. The Kier molecular flexibility index (Phi) is 6.28. The van der Waals surface area contributed by atoms with Gasteiger partial charge in [0.2, 0.25) is 0 Å². The second-order valence-corrected chi connectivity index (χ2v) is 7.86. The largest absolute Gasteiger partial charge is 0.385 e. The van der Waals surface area contributed by atoms with E-state index in [1.54, 1.807) is 24.5 Å². The van der Waals surface area contributed by atoms with E-state index in [0.29, 0.717) is 5.70 Å². The first-order valence-corrected chi connectivity index (χ1v) is 9.85. The Morgan fingerprint density at radius 1 is 1.07 bits per heavy atom. The first-order valence-electron chi connectivity index (χ1n) is 9.03. The first-order chi connectivity index (χ1) is 13.5. The zero-order valence-electron chi connectivity index (χ0n) is 16.2. The maximum absolute atomic E-state index is 12.7. The Morgan fingerprint density at radius 3 is 2.50 bits per heavy atom.